The number of halogens is 4. The van der Waals surface area contributed by atoms with E-state index in [-0.39, 0.29) is 11.7 Å². The van der Waals surface area contributed by atoms with Gasteiger partial charge in [0, 0.05) is 12.3 Å². The molecule has 0 fully saturated rings. The average molecular weight is 548 g/mol. The first kappa shape index (κ1) is 25.3. The molecule has 1 amide bonds. The normalized spacial score (nSPS) is 10.9. The van der Waals surface area contributed by atoms with Gasteiger partial charge in [-0.05, 0) is 29.8 Å². The van der Waals surface area contributed by atoms with Gasteiger partial charge in [-0.2, -0.15) is 0 Å². The van der Waals surface area contributed by atoms with Crippen LogP contribution in [0, 0.1) is 0 Å². The van der Waals surface area contributed by atoms with Gasteiger partial charge in [0.2, 0.25) is 5.91 Å². The predicted molar refractivity (Wildman–Crippen MR) is 137 cm³/mol. The predicted octanol–water partition coefficient (Wildman–Crippen LogP) is 7.24. The molecule has 2 aromatic carbocycles. The van der Waals surface area contributed by atoms with E-state index >= 15 is 0 Å². The SMILES string of the molecule is C=CCn1c(CSCc2ccc(Cl)c(Cl)c2)nnc1SCC(=O)Nc1cccc(Cl)c1Cl. The minimum Gasteiger partial charge on any atom is -0.324 e. The number of allylic oxidation sites excluding steroid dienone is 1. The summed E-state index contributed by atoms with van der Waals surface area (Å²) >= 11 is 27.1. The molecule has 0 saturated carbocycles. The molecule has 1 aromatic heterocycles. The number of anilines is 1. The lowest BCUT2D eigenvalue weighted by molar-refractivity contribution is -0.113. The minimum absolute atomic E-state index is 0.147. The minimum atomic E-state index is -0.220. The molecule has 3 aromatic rings. The monoisotopic (exact) mass is 546 g/mol. The van der Waals surface area contributed by atoms with Gasteiger partial charge >= 0.3 is 0 Å². The third kappa shape index (κ3) is 6.83. The van der Waals surface area contributed by atoms with Crippen LogP contribution in [-0.4, -0.2) is 26.4 Å². The van der Waals surface area contributed by atoms with Gasteiger partial charge in [0.1, 0.15) is 5.82 Å². The van der Waals surface area contributed by atoms with Crippen molar-refractivity contribution in [2.24, 2.45) is 0 Å². The molecule has 0 spiro atoms. The van der Waals surface area contributed by atoms with E-state index in [2.05, 4.69) is 22.1 Å². The number of carbonyl (C=O) groups is 1. The number of nitrogens with one attached hydrogen (secondary N) is 1. The summed E-state index contributed by atoms with van der Waals surface area (Å²) in [4.78, 5) is 12.4. The topological polar surface area (TPSA) is 59.8 Å². The van der Waals surface area contributed by atoms with Crippen LogP contribution >= 0.6 is 69.9 Å². The van der Waals surface area contributed by atoms with Gasteiger partial charge < -0.3 is 9.88 Å². The van der Waals surface area contributed by atoms with Gasteiger partial charge in [0.25, 0.3) is 0 Å². The first-order valence-electron chi connectivity index (χ1n) is 9.30. The van der Waals surface area contributed by atoms with Crippen LogP contribution in [0.2, 0.25) is 20.1 Å². The number of carbonyl (C=O) groups excluding carboxylic acids is 1. The van der Waals surface area contributed by atoms with Crippen molar-refractivity contribution < 1.29 is 4.79 Å². The van der Waals surface area contributed by atoms with Crippen molar-refractivity contribution in [3.63, 3.8) is 0 Å². The second kappa shape index (κ2) is 12.2. The van der Waals surface area contributed by atoms with E-state index in [9.17, 15) is 4.79 Å². The van der Waals surface area contributed by atoms with Crippen molar-refractivity contribution in [3.05, 3.63) is 80.5 Å². The van der Waals surface area contributed by atoms with Gasteiger partial charge in [-0.15, -0.1) is 28.5 Å². The van der Waals surface area contributed by atoms with Gasteiger partial charge in [-0.25, -0.2) is 0 Å². The van der Waals surface area contributed by atoms with Crippen LogP contribution in [0.5, 0.6) is 0 Å². The molecule has 0 radical (unpaired) electrons. The third-order valence-electron chi connectivity index (χ3n) is 4.15. The van der Waals surface area contributed by atoms with E-state index < -0.39 is 0 Å². The number of thioether (sulfide) groups is 2. The highest BCUT2D eigenvalue weighted by Crippen LogP contribution is 2.30. The van der Waals surface area contributed by atoms with Crippen molar-refractivity contribution in [1.82, 2.24) is 14.8 Å². The number of rotatable bonds is 10. The summed E-state index contributed by atoms with van der Waals surface area (Å²) < 4.78 is 1.94. The van der Waals surface area contributed by atoms with Crippen LogP contribution < -0.4 is 5.32 Å². The summed E-state index contributed by atoms with van der Waals surface area (Å²) in [5, 5.41) is 13.7. The number of aromatic nitrogens is 3. The molecule has 3 rings (SSSR count). The van der Waals surface area contributed by atoms with Crippen LogP contribution in [0.3, 0.4) is 0 Å². The first-order valence-corrected chi connectivity index (χ1v) is 13.0. The molecule has 0 aliphatic rings. The van der Waals surface area contributed by atoms with Gasteiger partial charge in [-0.3, -0.25) is 4.79 Å². The second-order valence-electron chi connectivity index (χ2n) is 6.48. The van der Waals surface area contributed by atoms with Crippen LogP contribution in [0.4, 0.5) is 5.69 Å². The molecule has 0 saturated heterocycles. The molecular formula is C21H18Cl4N4OS2. The number of nitrogens with zero attached hydrogens (tertiary/aromatic N) is 3. The van der Waals surface area contributed by atoms with E-state index in [1.807, 2.05) is 16.7 Å². The van der Waals surface area contributed by atoms with Crippen molar-refractivity contribution in [1.29, 1.82) is 0 Å². The lowest BCUT2D eigenvalue weighted by Gasteiger charge is -2.09. The van der Waals surface area contributed by atoms with Crippen LogP contribution in [0.25, 0.3) is 0 Å². The zero-order valence-corrected chi connectivity index (χ0v) is 21.3. The largest absolute Gasteiger partial charge is 0.324 e. The molecular weight excluding hydrogens is 530 g/mol. The molecule has 0 unspecified atom stereocenters. The Morgan fingerprint density at radius 1 is 1.06 bits per heavy atom. The summed E-state index contributed by atoms with van der Waals surface area (Å²) in [6, 6.07) is 10.7. The van der Waals surface area contributed by atoms with Crippen molar-refractivity contribution in [2.75, 3.05) is 11.1 Å². The summed E-state index contributed by atoms with van der Waals surface area (Å²) in [6.45, 7) is 4.35. The van der Waals surface area contributed by atoms with Crippen LogP contribution in [0.15, 0.2) is 54.2 Å². The highest BCUT2D eigenvalue weighted by atomic mass is 35.5. The number of amides is 1. The standard InChI is InChI=1S/C21H18Cl4N4OS2/c1-2-8-29-18(11-31-10-13-6-7-14(22)16(24)9-13)27-28-21(29)32-12-19(30)26-17-5-3-4-15(23)20(17)25/h2-7,9H,1,8,10-12H2,(H,26,30). The second-order valence-corrected chi connectivity index (χ2v) is 10.0. The number of hydrogen-bond donors (Lipinski definition) is 1. The Labute approximate surface area is 214 Å². The Bertz CT molecular complexity index is 1120. The Hall–Kier alpha value is -1.35. The maximum Gasteiger partial charge on any atom is 0.234 e. The van der Waals surface area contributed by atoms with E-state index in [0.29, 0.717) is 43.2 Å². The summed E-state index contributed by atoms with van der Waals surface area (Å²) in [5.41, 5.74) is 1.54. The van der Waals surface area contributed by atoms with Gasteiger partial charge in [0.15, 0.2) is 5.16 Å². The molecule has 0 aliphatic carbocycles. The number of hydrogen-bond acceptors (Lipinski definition) is 5. The molecule has 11 heteroatoms. The Kier molecular flexibility index (Phi) is 9.64. The molecule has 0 bridgehead atoms. The van der Waals surface area contributed by atoms with Crippen molar-refractivity contribution in [3.8, 4) is 0 Å². The summed E-state index contributed by atoms with van der Waals surface area (Å²) in [5.74, 6) is 2.13. The van der Waals surface area contributed by atoms with E-state index in [1.54, 1.807) is 42.1 Å². The average Bonchev–Trinajstić information content (AvgIpc) is 3.14. The smallest absolute Gasteiger partial charge is 0.234 e. The zero-order chi connectivity index (χ0) is 23.1. The lowest BCUT2D eigenvalue weighted by Crippen LogP contribution is -2.15. The third-order valence-corrected chi connectivity index (χ3v) is 7.67. The number of benzene rings is 2. The fourth-order valence-electron chi connectivity index (χ4n) is 2.65. The first-order chi connectivity index (χ1) is 15.4. The molecule has 32 heavy (non-hydrogen) atoms. The van der Waals surface area contributed by atoms with Crippen molar-refractivity contribution in [2.45, 2.75) is 23.2 Å². The van der Waals surface area contributed by atoms with Crippen molar-refractivity contribution >= 4 is 81.5 Å². The molecule has 168 valence electrons. The molecule has 0 aliphatic heterocycles. The van der Waals surface area contributed by atoms with Crippen LogP contribution in [0.1, 0.15) is 11.4 Å². The molecule has 0 atom stereocenters. The Balaban J connectivity index is 1.58. The maximum atomic E-state index is 12.4. The van der Waals surface area contributed by atoms with Gasteiger partial charge in [-0.1, -0.05) is 76.4 Å². The Morgan fingerprint density at radius 2 is 1.88 bits per heavy atom. The molecule has 1 heterocycles. The van der Waals surface area contributed by atoms with Crippen LogP contribution in [-0.2, 0) is 22.8 Å². The lowest BCUT2D eigenvalue weighted by atomic mass is 10.2. The molecule has 1 N–H and O–H groups in total. The summed E-state index contributed by atoms with van der Waals surface area (Å²) in [7, 11) is 0. The highest BCUT2D eigenvalue weighted by Gasteiger charge is 2.15. The summed E-state index contributed by atoms with van der Waals surface area (Å²) in [6.07, 6.45) is 1.77. The Morgan fingerprint density at radius 3 is 2.62 bits per heavy atom. The highest BCUT2D eigenvalue weighted by molar-refractivity contribution is 7.99. The zero-order valence-electron chi connectivity index (χ0n) is 16.7. The quantitative estimate of drug-likeness (QED) is 0.214. The maximum absolute atomic E-state index is 12.4. The fourth-order valence-corrected chi connectivity index (χ4v) is 5.00. The molecule has 5 nitrogen and oxygen atoms in total. The van der Waals surface area contributed by atoms with E-state index in [1.165, 1.54) is 11.8 Å². The van der Waals surface area contributed by atoms with E-state index in [0.717, 1.165) is 17.1 Å². The van der Waals surface area contributed by atoms with Gasteiger partial charge in [0.05, 0.1) is 37.3 Å². The van der Waals surface area contributed by atoms with E-state index in [4.69, 9.17) is 46.4 Å². The fraction of sp³-hybridized carbons (Fsp3) is 0.190.